The molecule has 26 heavy (non-hydrogen) atoms. The molecule has 0 saturated carbocycles. The number of benzene rings is 1. The first-order valence-corrected chi connectivity index (χ1v) is 7.72. The number of carbonyl (C=O) groups is 1. The molecule has 0 N–H and O–H groups in total. The lowest BCUT2D eigenvalue weighted by atomic mass is 10.2. The summed E-state index contributed by atoms with van der Waals surface area (Å²) in [5, 5.41) is 12.7. The van der Waals surface area contributed by atoms with Gasteiger partial charge in [0.1, 0.15) is 17.4 Å². The molecule has 0 bridgehead atoms. The zero-order valence-electron chi connectivity index (χ0n) is 14.3. The molecule has 6 nitrogen and oxygen atoms in total. The lowest BCUT2D eigenvalue weighted by Gasteiger charge is -2.12. The molecule has 9 heteroatoms. The minimum Gasteiger partial charge on any atom is -0.490 e. The molecule has 2 rings (SSSR count). The van der Waals surface area contributed by atoms with Gasteiger partial charge in [-0.05, 0) is 39.0 Å². The highest BCUT2D eigenvalue weighted by atomic mass is 19.4. The highest BCUT2D eigenvalue weighted by Crippen LogP contribution is 2.32. The molecular weight excluding hydrogens is 351 g/mol. The first-order valence-electron chi connectivity index (χ1n) is 7.72. The largest absolute Gasteiger partial charge is 0.490 e. The number of esters is 1. The minimum absolute atomic E-state index is 0.0683. The molecule has 1 aromatic heterocycles. The topological polar surface area (TPSA) is 77.1 Å². The van der Waals surface area contributed by atoms with E-state index in [9.17, 15) is 23.2 Å². The van der Waals surface area contributed by atoms with Crippen molar-refractivity contribution in [2.24, 2.45) is 0 Å². The van der Waals surface area contributed by atoms with E-state index in [0.717, 1.165) is 10.9 Å². The van der Waals surface area contributed by atoms with Crippen LogP contribution in [0.4, 0.5) is 13.2 Å². The van der Waals surface area contributed by atoms with Gasteiger partial charge in [0, 0.05) is 6.20 Å². The second-order valence-electron chi connectivity index (χ2n) is 5.51. The molecule has 1 heterocycles. The Morgan fingerprint density at radius 3 is 2.62 bits per heavy atom. The number of aromatic nitrogens is 2. The third-order valence-electron chi connectivity index (χ3n) is 3.19. The summed E-state index contributed by atoms with van der Waals surface area (Å²) in [5.41, 5.74) is -1.73. The van der Waals surface area contributed by atoms with Gasteiger partial charge in [-0.1, -0.05) is 0 Å². The number of hydrogen-bond donors (Lipinski definition) is 0. The summed E-state index contributed by atoms with van der Waals surface area (Å²) >= 11 is 0. The molecule has 0 fully saturated rings. The summed E-state index contributed by atoms with van der Waals surface area (Å²) in [6, 6.07) is 6.17. The predicted octanol–water partition coefficient (Wildman–Crippen LogP) is 3.73. The molecule has 0 aliphatic carbocycles. The number of nitrogens with zero attached hydrogens (tertiary/aromatic N) is 3. The van der Waals surface area contributed by atoms with E-state index in [1.165, 1.54) is 25.1 Å². The van der Waals surface area contributed by atoms with Gasteiger partial charge in [0.2, 0.25) is 0 Å². The van der Waals surface area contributed by atoms with E-state index in [1.807, 2.05) is 6.07 Å². The monoisotopic (exact) mass is 367 g/mol. The molecule has 0 unspecified atom stereocenters. The first-order chi connectivity index (χ1) is 12.2. The maximum atomic E-state index is 13.2. The lowest BCUT2D eigenvalue weighted by molar-refractivity contribution is -0.141. The van der Waals surface area contributed by atoms with Gasteiger partial charge in [0.15, 0.2) is 5.69 Å². The van der Waals surface area contributed by atoms with Crippen molar-refractivity contribution in [2.75, 3.05) is 6.61 Å². The van der Waals surface area contributed by atoms with Crippen LogP contribution in [0.5, 0.6) is 5.75 Å². The van der Waals surface area contributed by atoms with E-state index in [4.69, 9.17) is 4.74 Å². The van der Waals surface area contributed by atoms with Gasteiger partial charge in [-0.25, -0.2) is 9.48 Å². The van der Waals surface area contributed by atoms with Crippen LogP contribution < -0.4 is 4.74 Å². The average molecular weight is 367 g/mol. The Hall–Kier alpha value is -3.02. The van der Waals surface area contributed by atoms with Crippen molar-refractivity contribution < 1.29 is 27.4 Å². The Morgan fingerprint density at radius 1 is 1.38 bits per heavy atom. The number of hydrogen-bond acceptors (Lipinski definition) is 5. The molecule has 2 aromatic rings. The average Bonchev–Trinajstić information content (AvgIpc) is 3.00. The summed E-state index contributed by atoms with van der Waals surface area (Å²) in [6.07, 6.45) is -4.07. The fraction of sp³-hybridized carbons (Fsp3) is 0.353. The highest BCUT2D eigenvalue weighted by Gasteiger charge is 2.40. The lowest BCUT2D eigenvalue weighted by Crippen LogP contribution is -2.14. The molecule has 0 spiro atoms. The third kappa shape index (κ3) is 4.14. The van der Waals surface area contributed by atoms with Crippen LogP contribution in [0.1, 0.15) is 42.4 Å². The summed E-state index contributed by atoms with van der Waals surface area (Å²) in [4.78, 5) is 11.8. The zero-order valence-corrected chi connectivity index (χ0v) is 14.3. The van der Waals surface area contributed by atoms with Gasteiger partial charge in [0.25, 0.3) is 0 Å². The number of alkyl halides is 3. The summed E-state index contributed by atoms with van der Waals surface area (Å²) in [7, 11) is 0. The van der Waals surface area contributed by atoms with Crippen LogP contribution in [0.3, 0.4) is 0 Å². The normalized spacial score (nSPS) is 11.3. The maximum absolute atomic E-state index is 13.2. The predicted molar refractivity (Wildman–Crippen MR) is 85.0 cm³/mol. The second kappa shape index (κ2) is 7.47. The number of halogens is 3. The fourth-order valence-electron chi connectivity index (χ4n) is 2.18. The minimum atomic E-state index is -4.83. The van der Waals surface area contributed by atoms with Crippen LogP contribution in [0, 0.1) is 11.3 Å². The van der Waals surface area contributed by atoms with Crippen molar-refractivity contribution in [3.05, 3.63) is 41.2 Å². The van der Waals surface area contributed by atoms with Crippen molar-refractivity contribution in [3.8, 4) is 17.5 Å². The fourth-order valence-corrected chi connectivity index (χ4v) is 2.18. The highest BCUT2D eigenvalue weighted by molar-refractivity contribution is 5.90. The van der Waals surface area contributed by atoms with Gasteiger partial charge in [-0.15, -0.1) is 0 Å². The molecule has 0 saturated heterocycles. The van der Waals surface area contributed by atoms with E-state index in [0.29, 0.717) is 5.75 Å². The smallest absolute Gasteiger partial charge is 0.436 e. The van der Waals surface area contributed by atoms with Crippen LogP contribution >= 0.6 is 0 Å². The van der Waals surface area contributed by atoms with Crippen molar-refractivity contribution in [3.63, 3.8) is 0 Å². The number of ether oxygens (including phenoxy) is 2. The van der Waals surface area contributed by atoms with Crippen molar-refractivity contribution in [1.29, 1.82) is 5.26 Å². The number of nitriles is 1. The Bertz CT molecular complexity index is 851. The second-order valence-corrected chi connectivity index (χ2v) is 5.51. The van der Waals surface area contributed by atoms with Crippen LogP contribution in [0.25, 0.3) is 5.69 Å². The molecule has 0 amide bonds. The Balaban J connectivity index is 2.52. The SMILES string of the molecule is CCOC(=O)c1cn(-c2ccc(OC(C)C)c(C#N)c2)nc1C(F)(F)F. The standard InChI is InChI=1S/C17H16F3N3O3/c1-4-25-16(24)13-9-23(22-15(13)17(18,19)20)12-5-6-14(26-10(2)3)11(7-12)8-21/h5-7,9-10H,4H2,1-3H3. The van der Waals surface area contributed by atoms with Crippen molar-refractivity contribution in [1.82, 2.24) is 9.78 Å². The maximum Gasteiger partial charge on any atom is 0.436 e. The van der Waals surface area contributed by atoms with E-state index < -0.39 is 23.4 Å². The van der Waals surface area contributed by atoms with Crippen LogP contribution in [-0.2, 0) is 10.9 Å². The van der Waals surface area contributed by atoms with Crippen molar-refractivity contribution in [2.45, 2.75) is 33.1 Å². The summed E-state index contributed by atoms with van der Waals surface area (Å²) < 4.78 is 50.5. The first kappa shape index (κ1) is 19.3. The third-order valence-corrected chi connectivity index (χ3v) is 3.19. The van der Waals surface area contributed by atoms with Gasteiger partial charge in [0.05, 0.1) is 24.0 Å². The Morgan fingerprint density at radius 2 is 2.08 bits per heavy atom. The van der Waals surface area contributed by atoms with E-state index in [-0.39, 0.29) is 24.0 Å². The quantitative estimate of drug-likeness (QED) is 0.753. The van der Waals surface area contributed by atoms with E-state index in [2.05, 4.69) is 9.84 Å². The molecule has 0 radical (unpaired) electrons. The zero-order chi connectivity index (χ0) is 19.5. The molecule has 1 aromatic carbocycles. The van der Waals surface area contributed by atoms with Gasteiger partial charge < -0.3 is 9.47 Å². The van der Waals surface area contributed by atoms with Crippen LogP contribution in [0.15, 0.2) is 24.4 Å². The van der Waals surface area contributed by atoms with Gasteiger partial charge >= 0.3 is 12.1 Å². The Labute approximate surface area is 147 Å². The van der Waals surface area contributed by atoms with E-state index in [1.54, 1.807) is 13.8 Å². The molecule has 0 aliphatic heterocycles. The van der Waals surface area contributed by atoms with Gasteiger partial charge in [-0.2, -0.15) is 23.5 Å². The summed E-state index contributed by atoms with van der Waals surface area (Å²) in [6.45, 7) is 4.98. The number of carbonyl (C=O) groups excluding carboxylic acids is 1. The van der Waals surface area contributed by atoms with E-state index >= 15 is 0 Å². The van der Waals surface area contributed by atoms with Crippen LogP contribution in [0.2, 0.25) is 0 Å². The molecule has 138 valence electrons. The molecule has 0 aliphatic rings. The summed E-state index contributed by atoms with van der Waals surface area (Å²) in [5.74, 6) is -0.814. The van der Waals surface area contributed by atoms with Crippen molar-refractivity contribution >= 4 is 5.97 Å². The molecular formula is C17H16F3N3O3. The molecule has 0 atom stereocenters. The Kier molecular flexibility index (Phi) is 5.55. The number of rotatable bonds is 5. The van der Waals surface area contributed by atoms with Gasteiger partial charge in [-0.3, -0.25) is 0 Å². The van der Waals surface area contributed by atoms with Crippen LogP contribution in [-0.4, -0.2) is 28.5 Å².